The highest BCUT2D eigenvalue weighted by molar-refractivity contribution is 6.30. The lowest BCUT2D eigenvalue weighted by molar-refractivity contribution is 0.374. The maximum atomic E-state index is 6.03. The summed E-state index contributed by atoms with van der Waals surface area (Å²) in [6, 6.07) is 13.7. The van der Waals surface area contributed by atoms with Gasteiger partial charge in [0.15, 0.2) is 5.96 Å². The summed E-state index contributed by atoms with van der Waals surface area (Å²) in [5, 5.41) is 11.4. The Bertz CT molecular complexity index is 984. The van der Waals surface area contributed by atoms with Crippen molar-refractivity contribution in [2.45, 2.75) is 25.4 Å². The molecule has 1 aliphatic rings. The fourth-order valence-corrected chi connectivity index (χ4v) is 3.60. The van der Waals surface area contributed by atoms with Gasteiger partial charge < -0.3 is 20.1 Å². The molecule has 30 heavy (non-hydrogen) atoms. The maximum absolute atomic E-state index is 6.03. The Morgan fingerprint density at radius 3 is 2.83 bits per heavy atom. The van der Waals surface area contributed by atoms with Crippen LogP contribution < -0.4 is 15.5 Å². The molecule has 0 unspecified atom stereocenters. The average Bonchev–Trinajstić information content (AvgIpc) is 3.27. The minimum absolute atomic E-state index is 0.348. The number of rotatable bonds is 5. The number of nitrogens with zero attached hydrogens (tertiary/aromatic N) is 5. The predicted octanol–water partition coefficient (Wildman–Crippen LogP) is 3.12. The van der Waals surface area contributed by atoms with Gasteiger partial charge in [-0.3, -0.25) is 4.99 Å². The normalized spacial score (nSPS) is 15.3. The summed E-state index contributed by atoms with van der Waals surface area (Å²) in [4.78, 5) is 15.5. The van der Waals surface area contributed by atoms with E-state index in [1.165, 1.54) is 0 Å². The van der Waals surface area contributed by atoms with Crippen LogP contribution in [0.4, 0.5) is 5.82 Å². The summed E-state index contributed by atoms with van der Waals surface area (Å²) in [5.74, 6) is 2.75. The average molecular weight is 426 g/mol. The van der Waals surface area contributed by atoms with Crippen molar-refractivity contribution in [1.82, 2.24) is 25.8 Å². The summed E-state index contributed by atoms with van der Waals surface area (Å²) < 4.78 is 5.34. The van der Waals surface area contributed by atoms with Crippen LogP contribution in [0, 0.1) is 0 Å². The Kier molecular flexibility index (Phi) is 6.44. The van der Waals surface area contributed by atoms with E-state index in [0.29, 0.717) is 35.3 Å². The van der Waals surface area contributed by atoms with Crippen LogP contribution in [0.25, 0.3) is 11.4 Å². The van der Waals surface area contributed by atoms with Crippen LogP contribution in [-0.4, -0.2) is 47.3 Å². The van der Waals surface area contributed by atoms with Crippen molar-refractivity contribution in [1.29, 1.82) is 0 Å². The molecule has 1 aromatic carbocycles. The number of aromatic nitrogens is 3. The number of piperidine rings is 1. The van der Waals surface area contributed by atoms with Gasteiger partial charge in [0.1, 0.15) is 5.82 Å². The van der Waals surface area contributed by atoms with Gasteiger partial charge in [-0.2, -0.15) is 4.98 Å². The summed E-state index contributed by atoms with van der Waals surface area (Å²) in [6.07, 6.45) is 3.86. The van der Waals surface area contributed by atoms with Gasteiger partial charge in [0.25, 0.3) is 0 Å². The predicted molar refractivity (Wildman–Crippen MR) is 118 cm³/mol. The second kappa shape index (κ2) is 9.58. The van der Waals surface area contributed by atoms with Gasteiger partial charge in [-0.15, -0.1) is 0 Å². The Balaban J connectivity index is 1.27. The summed E-state index contributed by atoms with van der Waals surface area (Å²) in [5.41, 5.74) is 0.819. The molecule has 0 amide bonds. The summed E-state index contributed by atoms with van der Waals surface area (Å²) >= 11 is 6.03. The van der Waals surface area contributed by atoms with E-state index in [1.807, 2.05) is 36.5 Å². The van der Waals surface area contributed by atoms with Crippen LogP contribution in [0.1, 0.15) is 18.7 Å². The number of nitrogens with one attached hydrogen (secondary N) is 2. The van der Waals surface area contributed by atoms with Gasteiger partial charge in [-0.1, -0.05) is 35.0 Å². The summed E-state index contributed by atoms with van der Waals surface area (Å²) in [6.45, 7) is 2.30. The molecular formula is C21H24ClN7O. The topological polar surface area (TPSA) is 91.5 Å². The van der Waals surface area contributed by atoms with Gasteiger partial charge in [-0.25, -0.2) is 4.98 Å². The van der Waals surface area contributed by atoms with E-state index in [0.717, 1.165) is 37.3 Å². The largest absolute Gasteiger partial charge is 0.356 e. The van der Waals surface area contributed by atoms with E-state index in [1.54, 1.807) is 13.1 Å². The number of aliphatic imine (C=N–C) groups is 1. The van der Waals surface area contributed by atoms with Crippen molar-refractivity contribution in [2.24, 2.45) is 4.99 Å². The molecule has 0 aliphatic carbocycles. The van der Waals surface area contributed by atoms with Crippen LogP contribution in [0.5, 0.6) is 0 Å². The third-order valence-corrected chi connectivity index (χ3v) is 5.23. The van der Waals surface area contributed by atoms with Gasteiger partial charge in [0.05, 0.1) is 6.54 Å². The molecule has 0 atom stereocenters. The standard InChI is InChI=1S/C21H24ClN7O/c1-23-21(26-17-8-11-29(12-9-17)18-7-2-3-10-24-18)25-14-19-27-20(28-30-19)15-5-4-6-16(22)13-15/h2-7,10,13,17H,8-9,11-12,14H2,1H3,(H2,23,25,26). The van der Waals surface area contributed by atoms with E-state index in [-0.39, 0.29) is 0 Å². The number of benzene rings is 1. The molecule has 0 radical (unpaired) electrons. The Morgan fingerprint density at radius 1 is 1.23 bits per heavy atom. The van der Waals surface area contributed by atoms with Gasteiger partial charge in [0, 0.05) is 43.0 Å². The molecule has 1 fully saturated rings. The minimum Gasteiger partial charge on any atom is -0.356 e. The lowest BCUT2D eigenvalue weighted by Crippen LogP contribution is -2.48. The van der Waals surface area contributed by atoms with Crippen molar-refractivity contribution >= 4 is 23.4 Å². The molecule has 3 heterocycles. The third-order valence-electron chi connectivity index (χ3n) is 4.99. The smallest absolute Gasteiger partial charge is 0.246 e. The Hall–Kier alpha value is -3.13. The van der Waals surface area contributed by atoms with Crippen molar-refractivity contribution < 1.29 is 4.52 Å². The fourth-order valence-electron chi connectivity index (χ4n) is 3.41. The number of hydrogen-bond acceptors (Lipinski definition) is 6. The van der Waals surface area contributed by atoms with Crippen molar-refractivity contribution in [3.63, 3.8) is 0 Å². The number of guanidine groups is 1. The second-order valence-corrected chi connectivity index (χ2v) is 7.48. The molecule has 3 aromatic rings. The molecule has 1 aliphatic heterocycles. The molecule has 8 nitrogen and oxygen atoms in total. The van der Waals surface area contributed by atoms with E-state index in [4.69, 9.17) is 16.1 Å². The molecule has 0 spiro atoms. The van der Waals surface area contributed by atoms with Crippen molar-refractivity contribution in [3.8, 4) is 11.4 Å². The molecule has 1 saturated heterocycles. The zero-order chi connectivity index (χ0) is 20.8. The second-order valence-electron chi connectivity index (χ2n) is 7.04. The highest BCUT2D eigenvalue weighted by atomic mass is 35.5. The van der Waals surface area contributed by atoms with E-state index >= 15 is 0 Å². The Labute approximate surface area is 180 Å². The SMILES string of the molecule is CN=C(NCc1nc(-c2cccc(Cl)c2)no1)NC1CCN(c2ccccn2)CC1. The van der Waals surface area contributed by atoms with Crippen LogP contribution in [0.3, 0.4) is 0 Å². The molecule has 2 aromatic heterocycles. The van der Waals surface area contributed by atoms with Crippen LogP contribution in [0.2, 0.25) is 5.02 Å². The fraction of sp³-hybridized carbons (Fsp3) is 0.333. The number of halogens is 1. The zero-order valence-corrected chi connectivity index (χ0v) is 17.5. The van der Waals surface area contributed by atoms with Gasteiger partial charge in [-0.05, 0) is 37.1 Å². The van der Waals surface area contributed by atoms with Crippen molar-refractivity contribution in [3.05, 3.63) is 59.6 Å². The molecule has 0 bridgehead atoms. The van der Waals surface area contributed by atoms with Gasteiger partial charge >= 0.3 is 0 Å². The first kappa shape index (κ1) is 20.2. The molecule has 0 saturated carbocycles. The highest BCUT2D eigenvalue weighted by Gasteiger charge is 2.21. The molecule has 156 valence electrons. The van der Waals surface area contributed by atoms with E-state index in [9.17, 15) is 0 Å². The number of pyridine rings is 1. The Morgan fingerprint density at radius 2 is 2.10 bits per heavy atom. The first-order valence-corrected chi connectivity index (χ1v) is 10.3. The minimum atomic E-state index is 0.348. The number of hydrogen-bond donors (Lipinski definition) is 2. The van der Waals surface area contributed by atoms with E-state index in [2.05, 4.69) is 41.7 Å². The van der Waals surface area contributed by atoms with Gasteiger partial charge in [0.2, 0.25) is 11.7 Å². The van der Waals surface area contributed by atoms with E-state index < -0.39 is 0 Å². The molecule has 2 N–H and O–H groups in total. The van der Waals surface area contributed by atoms with Crippen molar-refractivity contribution in [2.75, 3.05) is 25.0 Å². The monoisotopic (exact) mass is 425 g/mol. The third kappa shape index (κ3) is 5.07. The molecular weight excluding hydrogens is 402 g/mol. The molecule has 9 heteroatoms. The van der Waals surface area contributed by atoms with Crippen LogP contribution in [-0.2, 0) is 6.54 Å². The van der Waals surface area contributed by atoms with Crippen LogP contribution in [0.15, 0.2) is 58.2 Å². The number of anilines is 1. The molecule has 4 rings (SSSR count). The lowest BCUT2D eigenvalue weighted by Gasteiger charge is -2.33. The van der Waals surface area contributed by atoms with Crippen LogP contribution >= 0.6 is 11.6 Å². The maximum Gasteiger partial charge on any atom is 0.246 e. The zero-order valence-electron chi connectivity index (χ0n) is 16.8. The lowest BCUT2D eigenvalue weighted by atomic mass is 10.1. The quantitative estimate of drug-likeness (QED) is 0.479. The first-order chi connectivity index (χ1) is 14.7. The highest BCUT2D eigenvalue weighted by Crippen LogP contribution is 2.20. The summed E-state index contributed by atoms with van der Waals surface area (Å²) in [7, 11) is 1.75. The first-order valence-electron chi connectivity index (χ1n) is 9.93.